The van der Waals surface area contributed by atoms with Crippen molar-refractivity contribution >= 4 is 17.4 Å². The summed E-state index contributed by atoms with van der Waals surface area (Å²) in [5.41, 5.74) is 0. The van der Waals surface area contributed by atoms with Crippen molar-refractivity contribution in [1.82, 2.24) is 9.97 Å². The van der Waals surface area contributed by atoms with Crippen LogP contribution in [-0.4, -0.2) is 36.3 Å². The van der Waals surface area contributed by atoms with Crippen LogP contribution in [0.2, 0.25) is 5.28 Å². The lowest BCUT2D eigenvalue weighted by atomic mass is 10.1. The van der Waals surface area contributed by atoms with Gasteiger partial charge in [0.05, 0.1) is 6.61 Å². The summed E-state index contributed by atoms with van der Waals surface area (Å²) in [6.07, 6.45) is 3.83. The highest BCUT2D eigenvalue weighted by molar-refractivity contribution is 6.28. The highest BCUT2D eigenvalue weighted by Gasteiger charge is 2.16. The summed E-state index contributed by atoms with van der Waals surface area (Å²) in [6.45, 7) is 5.85. The molecule has 0 radical (unpaired) electrons. The van der Waals surface area contributed by atoms with E-state index in [4.69, 9.17) is 16.3 Å². The Hall–Kier alpha value is -0.870. The van der Waals surface area contributed by atoms with Gasteiger partial charge in [-0.15, -0.1) is 0 Å². The molecule has 1 aromatic rings. The summed E-state index contributed by atoms with van der Waals surface area (Å²) in [4.78, 5) is 10.4. The van der Waals surface area contributed by atoms with E-state index in [2.05, 4.69) is 28.7 Å². The maximum Gasteiger partial charge on any atom is 0.224 e. The molecule has 0 N–H and O–H groups in total. The van der Waals surface area contributed by atoms with Gasteiger partial charge in [0.2, 0.25) is 5.28 Å². The van der Waals surface area contributed by atoms with Crippen LogP contribution in [0, 0.1) is 0 Å². The van der Waals surface area contributed by atoms with E-state index >= 15 is 0 Å². The maximum absolute atomic E-state index is 5.83. The number of methoxy groups -OCH3 is 1. The molecule has 0 atom stereocenters. The second kappa shape index (κ2) is 7.45. The fraction of sp³-hybridized carbons (Fsp3) is 0.667. The number of hydrogen-bond acceptors (Lipinski definition) is 4. The Labute approximate surface area is 108 Å². The number of hydrogen-bond donors (Lipinski definition) is 0. The average molecular weight is 258 g/mol. The van der Waals surface area contributed by atoms with Gasteiger partial charge < -0.3 is 9.64 Å². The first-order chi connectivity index (χ1) is 8.22. The highest BCUT2D eigenvalue weighted by Crippen LogP contribution is 2.18. The Kier molecular flexibility index (Phi) is 6.22. The molecule has 0 spiro atoms. The standard InChI is InChI=1S/C12H20ClN3O/c1-4-10(5-2)16(8-9-17-3)11-6-7-14-12(13)15-11/h6-7,10H,4-5,8-9H2,1-3H3. The van der Waals surface area contributed by atoms with Crippen LogP contribution in [0.5, 0.6) is 0 Å². The van der Waals surface area contributed by atoms with Crippen molar-refractivity contribution in [1.29, 1.82) is 0 Å². The van der Waals surface area contributed by atoms with Crippen molar-refractivity contribution < 1.29 is 4.74 Å². The van der Waals surface area contributed by atoms with E-state index in [1.807, 2.05) is 6.07 Å². The van der Waals surface area contributed by atoms with Gasteiger partial charge in [-0.05, 0) is 30.5 Å². The minimum Gasteiger partial charge on any atom is -0.383 e. The Morgan fingerprint density at radius 3 is 2.65 bits per heavy atom. The predicted octanol–water partition coefficient (Wildman–Crippen LogP) is 2.77. The summed E-state index contributed by atoms with van der Waals surface area (Å²) in [6, 6.07) is 2.34. The van der Waals surface area contributed by atoms with E-state index in [1.54, 1.807) is 13.3 Å². The fourth-order valence-corrected chi connectivity index (χ4v) is 2.03. The number of nitrogens with zero attached hydrogens (tertiary/aromatic N) is 3. The lowest BCUT2D eigenvalue weighted by Crippen LogP contribution is -2.37. The van der Waals surface area contributed by atoms with Crippen LogP contribution in [0.25, 0.3) is 0 Å². The van der Waals surface area contributed by atoms with Crippen LogP contribution in [0.15, 0.2) is 12.3 Å². The molecule has 1 aromatic heterocycles. The zero-order valence-corrected chi connectivity index (χ0v) is 11.4. The predicted molar refractivity (Wildman–Crippen MR) is 70.6 cm³/mol. The van der Waals surface area contributed by atoms with Gasteiger partial charge in [0.25, 0.3) is 0 Å². The van der Waals surface area contributed by atoms with Gasteiger partial charge in [0.1, 0.15) is 5.82 Å². The summed E-state index contributed by atoms with van der Waals surface area (Å²) >= 11 is 5.83. The van der Waals surface area contributed by atoms with Crippen LogP contribution < -0.4 is 4.90 Å². The Morgan fingerprint density at radius 2 is 2.12 bits per heavy atom. The molecule has 0 saturated carbocycles. The largest absolute Gasteiger partial charge is 0.383 e. The first-order valence-corrected chi connectivity index (χ1v) is 6.34. The van der Waals surface area contributed by atoms with Gasteiger partial charge >= 0.3 is 0 Å². The van der Waals surface area contributed by atoms with E-state index in [0.717, 1.165) is 25.2 Å². The molecule has 1 heterocycles. The second-order valence-corrected chi connectivity index (χ2v) is 4.18. The van der Waals surface area contributed by atoms with Crippen molar-refractivity contribution in [2.45, 2.75) is 32.7 Å². The molecule has 0 fully saturated rings. The molecule has 17 heavy (non-hydrogen) atoms. The molecule has 0 saturated heterocycles. The highest BCUT2D eigenvalue weighted by atomic mass is 35.5. The molecule has 0 aliphatic rings. The Bertz CT molecular complexity index is 331. The van der Waals surface area contributed by atoms with Crippen LogP contribution in [-0.2, 0) is 4.74 Å². The summed E-state index contributed by atoms with van der Waals surface area (Å²) in [7, 11) is 1.71. The summed E-state index contributed by atoms with van der Waals surface area (Å²) in [5.74, 6) is 0.871. The van der Waals surface area contributed by atoms with E-state index < -0.39 is 0 Å². The van der Waals surface area contributed by atoms with Crippen LogP contribution >= 0.6 is 11.6 Å². The van der Waals surface area contributed by atoms with Gasteiger partial charge in [-0.2, -0.15) is 0 Å². The van der Waals surface area contributed by atoms with Crippen molar-refractivity contribution in [3.8, 4) is 0 Å². The molecule has 96 valence electrons. The monoisotopic (exact) mass is 257 g/mol. The van der Waals surface area contributed by atoms with Crippen molar-refractivity contribution in [3.63, 3.8) is 0 Å². The maximum atomic E-state index is 5.83. The van der Waals surface area contributed by atoms with Gasteiger partial charge in [-0.25, -0.2) is 9.97 Å². The molecule has 0 aromatic carbocycles. The Morgan fingerprint density at radius 1 is 1.41 bits per heavy atom. The lowest BCUT2D eigenvalue weighted by Gasteiger charge is -2.31. The van der Waals surface area contributed by atoms with Crippen molar-refractivity contribution in [3.05, 3.63) is 17.5 Å². The number of halogens is 1. The zero-order valence-electron chi connectivity index (χ0n) is 10.7. The lowest BCUT2D eigenvalue weighted by molar-refractivity contribution is 0.202. The van der Waals surface area contributed by atoms with Crippen LogP contribution in [0.1, 0.15) is 26.7 Å². The quantitative estimate of drug-likeness (QED) is 0.704. The molecule has 0 aliphatic heterocycles. The fourth-order valence-electron chi connectivity index (χ4n) is 1.89. The van der Waals surface area contributed by atoms with Gasteiger partial charge in [-0.3, -0.25) is 0 Å². The SMILES string of the molecule is CCC(CC)N(CCOC)c1ccnc(Cl)n1. The molecular weight excluding hydrogens is 238 g/mol. The number of anilines is 1. The van der Waals surface area contributed by atoms with Crippen molar-refractivity contribution in [2.75, 3.05) is 25.2 Å². The van der Waals surface area contributed by atoms with Crippen LogP contribution in [0.3, 0.4) is 0 Å². The number of rotatable bonds is 7. The molecule has 0 bridgehead atoms. The molecule has 0 amide bonds. The number of ether oxygens (including phenoxy) is 1. The zero-order chi connectivity index (χ0) is 12.7. The Balaban J connectivity index is 2.88. The average Bonchev–Trinajstić information content (AvgIpc) is 2.34. The first kappa shape index (κ1) is 14.2. The minimum atomic E-state index is 0.288. The van der Waals surface area contributed by atoms with E-state index in [1.165, 1.54) is 0 Å². The first-order valence-electron chi connectivity index (χ1n) is 5.97. The smallest absolute Gasteiger partial charge is 0.224 e. The molecule has 1 rings (SSSR count). The summed E-state index contributed by atoms with van der Waals surface area (Å²) in [5, 5.41) is 0.288. The van der Waals surface area contributed by atoms with E-state index in [0.29, 0.717) is 12.6 Å². The van der Waals surface area contributed by atoms with E-state index in [9.17, 15) is 0 Å². The molecule has 0 unspecified atom stereocenters. The topological polar surface area (TPSA) is 38.2 Å². The third-order valence-electron chi connectivity index (χ3n) is 2.83. The molecule has 4 nitrogen and oxygen atoms in total. The molecule has 5 heteroatoms. The second-order valence-electron chi connectivity index (χ2n) is 3.84. The van der Waals surface area contributed by atoms with E-state index in [-0.39, 0.29) is 5.28 Å². The molecule has 0 aliphatic carbocycles. The van der Waals surface area contributed by atoms with Crippen LogP contribution in [0.4, 0.5) is 5.82 Å². The summed E-state index contributed by atoms with van der Waals surface area (Å²) < 4.78 is 5.15. The number of aromatic nitrogens is 2. The minimum absolute atomic E-state index is 0.288. The van der Waals surface area contributed by atoms with Crippen molar-refractivity contribution in [2.24, 2.45) is 0 Å². The van der Waals surface area contributed by atoms with Gasteiger partial charge in [-0.1, -0.05) is 13.8 Å². The van der Waals surface area contributed by atoms with Gasteiger partial charge in [0.15, 0.2) is 0 Å². The normalized spacial score (nSPS) is 10.9. The third kappa shape index (κ3) is 4.13. The third-order valence-corrected chi connectivity index (χ3v) is 3.01. The molecular formula is C12H20ClN3O. The van der Waals surface area contributed by atoms with Gasteiger partial charge in [0, 0.05) is 25.9 Å².